The predicted octanol–water partition coefficient (Wildman–Crippen LogP) is 5.30. The molecule has 0 aromatic heterocycles. The highest BCUT2D eigenvalue weighted by Gasteiger charge is 2.03. The molecule has 29 heavy (non-hydrogen) atoms. The molecular weight excluding hydrogens is 404 g/mol. The lowest BCUT2D eigenvalue weighted by Crippen LogP contribution is -2.19. The van der Waals surface area contributed by atoms with Gasteiger partial charge < -0.3 is 4.74 Å². The van der Waals surface area contributed by atoms with Crippen LogP contribution in [0.5, 0.6) is 5.75 Å². The summed E-state index contributed by atoms with van der Waals surface area (Å²) >= 11 is 7.47. The Bertz CT molecular complexity index is 964. The Morgan fingerprint density at radius 3 is 2.59 bits per heavy atom. The van der Waals surface area contributed by atoms with Crippen LogP contribution in [0.4, 0.5) is 0 Å². The summed E-state index contributed by atoms with van der Waals surface area (Å²) in [6, 6.07) is 25.2. The van der Waals surface area contributed by atoms with Crippen molar-refractivity contribution in [1.29, 1.82) is 0 Å². The molecule has 0 saturated heterocycles. The molecule has 0 saturated carbocycles. The lowest BCUT2D eigenvalue weighted by molar-refractivity contribution is -0.118. The maximum Gasteiger partial charge on any atom is 0.250 e. The van der Waals surface area contributed by atoms with Gasteiger partial charge >= 0.3 is 0 Å². The summed E-state index contributed by atoms with van der Waals surface area (Å²) in [4.78, 5) is 12.0. The molecular formula is C23H21ClN2O2S. The van der Waals surface area contributed by atoms with Gasteiger partial charge in [-0.1, -0.05) is 66.2 Å². The van der Waals surface area contributed by atoms with Crippen molar-refractivity contribution in [1.82, 2.24) is 5.43 Å². The number of amides is 1. The summed E-state index contributed by atoms with van der Waals surface area (Å²) in [6.45, 7) is 0.470. The second-order valence-electron chi connectivity index (χ2n) is 6.23. The summed E-state index contributed by atoms with van der Waals surface area (Å²) in [5, 5.41) is 4.76. The number of hydrogen-bond acceptors (Lipinski definition) is 4. The highest BCUT2D eigenvalue weighted by molar-refractivity contribution is 7.99. The van der Waals surface area contributed by atoms with Gasteiger partial charge in [0.25, 0.3) is 0 Å². The van der Waals surface area contributed by atoms with Gasteiger partial charge in [-0.3, -0.25) is 4.79 Å². The molecule has 1 amide bonds. The zero-order chi connectivity index (χ0) is 20.3. The zero-order valence-electron chi connectivity index (χ0n) is 15.8. The third-order valence-electron chi connectivity index (χ3n) is 3.94. The van der Waals surface area contributed by atoms with Gasteiger partial charge in [0.1, 0.15) is 12.4 Å². The number of halogens is 1. The van der Waals surface area contributed by atoms with Crippen LogP contribution >= 0.6 is 23.4 Å². The van der Waals surface area contributed by atoms with Crippen LogP contribution < -0.4 is 10.2 Å². The third-order valence-corrected chi connectivity index (χ3v) is 5.18. The zero-order valence-corrected chi connectivity index (χ0v) is 17.3. The first-order valence-corrected chi connectivity index (χ1v) is 10.6. The van der Waals surface area contributed by atoms with Gasteiger partial charge in [0.05, 0.1) is 12.0 Å². The largest absolute Gasteiger partial charge is 0.488 e. The first kappa shape index (κ1) is 21.0. The fourth-order valence-electron chi connectivity index (χ4n) is 2.55. The van der Waals surface area contributed by atoms with Crippen molar-refractivity contribution in [3.63, 3.8) is 0 Å². The molecule has 0 bridgehead atoms. The van der Waals surface area contributed by atoms with Crippen LogP contribution in [0, 0.1) is 0 Å². The molecule has 6 heteroatoms. The summed E-state index contributed by atoms with van der Waals surface area (Å²) in [6.07, 6.45) is 1.60. The van der Waals surface area contributed by atoms with Gasteiger partial charge in [-0.25, -0.2) is 5.43 Å². The smallest absolute Gasteiger partial charge is 0.250 e. The van der Waals surface area contributed by atoms with Crippen molar-refractivity contribution in [3.8, 4) is 5.75 Å². The lowest BCUT2D eigenvalue weighted by atomic mass is 10.2. The highest BCUT2D eigenvalue weighted by atomic mass is 35.5. The lowest BCUT2D eigenvalue weighted by Gasteiger charge is -2.09. The number of nitrogens with zero attached hydrogens (tertiary/aromatic N) is 1. The molecule has 3 aromatic carbocycles. The van der Waals surface area contributed by atoms with Crippen molar-refractivity contribution in [2.24, 2.45) is 5.10 Å². The van der Waals surface area contributed by atoms with Crippen LogP contribution in [0.3, 0.4) is 0 Å². The summed E-state index contributed by atoms with van der Waals surface area (Å²) in [5.41, 5.74) is 5.53. The Kier molecular flexibility index (Phi) is 8.16. The van der Waals surface area contributed by atoms with Gasteiger partial charge in [0.2, 0.25) is 5.91 Å². The quantitative estimate of drug-likeness (QED) is 0.374. The van der Waals surface area contributed by atoms with Crippen molar-refractivity contribution >= 4 is 35.5 Å². The van der Waals surface area contributed by atoms with Crippen molar-refractivity contribution < 1.29 is 9.53 Å². The number of carbonyl (C=O) groups is 1. The molecule has 3 aromatic rings. The molecule has 1 N–H and O–H groups in total. The molecule has 0 aliphatic rings. The Morgan fingerprint density at radius 1 is 1.00 bits per heavy atom. The maximum absolute atomic E-state index is 12.0. The monoisotopic (exact) mass is 424 g/mol. The van der Waals surface area contributed by atoms with E-state index in [9.17, 15) is 4.79 Å². The number of thioether (sulfide) groups is 1. The van der Waals surface area contributed by atoms with Gasteiger partial charge in [0.15, 0.2) is 0 Å². The molecule has 0 aliphatic heterocycles. The van der Waals surface area contributed by atoms with Gasteiger partial charge in [-0.2, -0.15) is 5.10 Å². The van der Waals surface area contributed by atoms with E-state index in [2.05, 4.69) is 10.5 Å². The van der Waals surface area contributed by atoms with E-state index in [4.69, 9.17) is 16.3 Å². The van der Waals surface area contributed by atoms with Gasteiger partial charge in [-0.05, 0) is 35.4 Å². The number of nitrogens with one attached hydrogen (secondary N) is 1. The minimum atomic E-state index is -0.157. The van der Waals surface area contributed by atoms with Crippen LogP contribution in [-0.4, -0.2) is 17.9 Å². The third kappa shape index (κ3) is 7.29. The molecule has 0 unspecified atom stereocenters. The van der Waals surface area contributed by atoms with Crippen molar-refractivity contribution in [2.45, 2.75) is 12.4 Å². The van der Waals surface area contributed by atoms with Crippen molar-refractivity contribution in [2.75, 3.05) is 5.75 Å². The average molecular weight is 425 g/mol. The van der Waals surface area contributed by atoms with Crippen LogP contribution in [0.15, 0.2) is 84.0 Å². The van der Waals surface area contributed by atoms with Crippen LogP contribution in [0.2, 0.25) is 5.02 Å². The molecule has 0 heterocycles. The highest BCUT2D eigenvalue weighted by Crippen LogP contribution is 2.18. The van der Waals surface area contributed by atoms with Crippen LogP contribution in [0.1, 0.15) is 16.7 Å². The maximum atomic E-state index is 12.0. The van der Waals surface area contributed by atoms with E-state index in [0.29, 0.717) is 28.9 Å². The van der Waals surface area contributed by atoms with Crippen LogP contribution in [-0.2, 0) is 17.2 Å². The molecule has 148 valence electrons. The Hall–Kier alpha value is -2.76. The normalized spacial score (nSPS) is 10.8. The molecule has 3 rings (SSSR count). The number of hydrazone groups is 1. The second-order valence-corrected chi connectivity index (χ2v) is 7.65. The van der Waals surface area contributed by atoms with Crippen molar-refractivity contribution in [3.05, 3.63) is 101 Å². The Morgan fingerprint density at radius 2 is 1.76 bits per heavy atom. The summed E-state index contributed by atoms with van der Waals surface area (Å²) in [5.74, 6) is 1.59. The summed E-state index contributed by atoms with van der Waals surface area (Å²) in [7, 11) is 0. The number of para-hydroxylation sites is 1. The van der Waals surface area contributed by atoms with E-state index in [1.165, 1.54) is 11.8 Å². The van der Waals surface area contributed by atoms with Crippen LogP contribution in [0.25, 0.3) is 0 Å². The van der Waals surface area contributed by atoms with E-state index < -0.39 is 0 Å². The molecule has 0 aliphatic carbocycles. The first-order chi connectivity index (χ1) is 14.2. The minimum Gasteiger partial charge on any atom is -0.488 e. The van der Waals surface area contributed by atoms with Gasteiger partial charge in [0, 0.05) is 16.3 Å². The Labute approximate surface area is 179 Å². The van der Waals surface area contributed by atoms with E-state index in [0.717, 1.165) is 16.7 Å². The van der Waals surface area contributed by atoms with Gasteiger partial charge in [-0.15, -0.1) is 11.8 Å². The fourth-order valence-corrected chi connectivity index (χ4v) is 3.53. The molecule has 0 spiro atoms. The summed E-state index contributed by atoms with van der Waals surface area (Å²) < 4.78 is 5.89. The molecule has 0 atom stereocenters. The predicted molar refractivity (Wildman–Crippen MR) is 121 cm³/mol. The van der Waals surface area contributed by atoms with E-state index in [1.807, 2.05) is 78.9 Å². The fraction of sp³-hybridized carbons (Fsp3) is 0.130. The SMILES string of the molecule is O=C(CSCc1cccc(Cl)c1)N/N=C/c1ccccc1OCc1ccccc1. The van der Waals surface area contributed by atoms with E-state index >= 15 is 0 Å². The number of benzene rings is 3. The standard InChI is InChI=1S/C23H21ClN2O2S/c24-21-11-6-9-19(13-21)16-29-17-23(27)26-25-14-20-10-4-5-12-22(20)28-15-18-7-2-1-3-8-18/h1-14H,15-17H2,(H,26,27)/b25-14+. The second kappa shape index (κ2) is 11.3. The number of rotatable bonds is 9. The van der Waals surface area contributed by atoms with E-state index in [-0.39, 0.29) is 5.91 Å². The topological polar surface area (TPSA) is 50.7 Å². The average Bonchev–Trinajstić information content (AvgIpc) is 2.74. The van der Waals surface area contributed by atoms with E-state index in [1.54, 1.807) is 6.21 Å². The number of hydrogen-bond donors (Lipinski definition) is 1. The number of ether oxygens (including phenoxy) is 1. The molecule has 0 radical (unpaired) electrons. The number of carbonyl (C=O) groups excluding carboxylic acids is 1. The minimum absolute atomic E-state index is 0.157. The molecule has 4 nitrogen and oxygen atoms in total. The first-order valence-electron chi connectivity index (χ1n) is 9.10. The molecule has 0 fully saturated rings. The Balaban J connectivity index is 1.46.